The number of aliphatic hydroxyl groups is 1. The molecule has 8 unspecified atom stereocenters. The molecule has 1 N–H and O–H groups in total. The maximum Gasteiger partial charge on any atom is 0.313 e. The summed E-state index contributed by atoms with van der Waals surface area (Å²) in [4.78, 5) is 25.3. The molecule has 6 aliphatic rings. The van der Waals surface area contributed by atoms with Crippen LogP contribution < -0.4 is 0 Å². The van der Waals surface area contributed by atoms with Gasteiger partial charge in [0.15, 0.2) is 0 Å². The van der Waals surface area contributed by atoms with Crippen LogP contribution >= 0.6 is 0 Å². The van der Waals surface area contributed by atoms with E-state index < -0.39 is 16.9 Å². The van der Waals surface area contributed by atoms with Gasteiger partial charge in [0.25, 0.3) is 0 Å². The highest BCUT2D eigenvalue weighted by Gasteiger charge is 2.94. The van der Waals surface area contributed by atoms with Gasteiger partial charge in [0.1, 0.15) is 0 Å². The first-order chi connectivity index (χ1) is 11.5. The Balaban J connectivity index is 1.68. The van der Waals surface area contributed by atoms with Gasteiger partial charge in [-0.15, -0.1) is 0 Å². The molecule has 7 rings (SSSR count). The molecule has 0 radical (unpaired) electrons. The average molecular weight is 328 g/mol. The maximum absolute atomic E-state index is 12.9. The predicted molar refractivity (Wildman–Crippen MR) is 82.4 cm³/mol. The van der Waals surface area contributed by atoms with Crippen LogP contribution in [0.15, 0.2) is 30.3 Å². The van der Waals surface area contributed by atoms with Crippen molar-refractivity contribution in [3.63, 3.8) is 0 Å². The molecule has 1 aromatic rings. The molecular weight excluding hydrogens is 308 g/mol. The van der Waals surface area contributed by atoms with Crippen LogP contribution in [0, 0.1) is 40.9 Å². The van der Waals surface area contributed by atoms with Crippen LogP contribution in [0.2, 0.25) is 0 Å². The highest BCUT2D eigenvalue weighted by molar-refractivity contribution is 5.90. The first-order valence-electron chi connectivity index (χ1n) is 8.48. The molecule has 5 heteroatoms. The number of hydrogen-bond acceptors (Lipinski definition) is 5. The molecule has 24 heavy (non-hydrogen) atoms. The second-order valence-electron chi connectivity index (χ2n) is 7.70. The fraction of sp³-hybridized carbons (Fsp3) is 0.579. The van der Waals surface area contributed by atoms with Crippen molar-refractivity contribution in [2.75, 3.05) is 14.2 Å². The standard InChI is InChI=1S/C19H20O5/c1-23-16(20)13-10-8-11-14-12(10)15(18(11,13)17(21)24-2)19(14,22)9-6-4-3-5-7-9/h3-7,10-15,22H,8H2,1-2H3. The molecule has 0 heterocycles. The number of hydrogen-bond donors (Lipinski definition) is 1. The third-order valence-corrected chi connectivity index (χ3v) is 7.54. The second-order valence-corrected chi connectivity index (χ2v) is 7.70. The summed E-state index contributed by atoms with van der Waals surface area (Å²) in [6, 6.07) is 9.55. The molecule has 8 atom stereocenters. The van der Waals surface area contributed by atoms with Crippen LogP contribution in [-0.2, 0) is 24.7 Å². The van der Waals surface area contributed by atoms with Gasteiger partial charge in [-0.1, -0.05) is 30.3 Å². The maximum atomic E-state index is 12.9. The van der Waals surface area contributed by atoms with Crippen LogP contribution in [0.5, 0.6) is 0 Å². The Morgan fingerprint density at radius 1 is 1.17 bits per heavy atom. The van der Waals surface area contributed by atoms with Gasteiger partial charge in [-0.05, 0) is 35.7 Å². The molecule has 6 fully saturated rings. The van der Waals surface area contributed by atoms with Gasteiger partial charge in [-0.25, -0.2) is 0 Å². The van der Waals surface area contributed by atoms with Gasteiger partial charge >= 0.3 is 11.9 Å². The summed E-state index contributed by atoms with van der Waals surface area (Å²) in [6.07, 6.45) is 0.801. The fourth-order valence-corrected chi connectivity index (χ4v) is 7.27. The van der Waals surface area contributed by atoms with E-state index >= 15 is 0 Å². The molecule has 0 aromatic heterocycles. The summed E-state index contributed by atoms with van der Waals surface area (Å²) < 4.78 is 10.2. The topological polar surface area (TPSA) is 72.8 Å². The van der Waals surface area contributed by atoms with Crippen molar-refractivity contribution in [2.45, 2.75) is 12.0 Å². The van der Waals surface area contributed by atoms with E-state index in [4.69, 9.17) is 9.47 Å². The van der Waals surface area contributed by atoms with E-state index in [0.717, 1.165) is 12.0 Å². The van der Waals surface area contributed by atoms with E-state index in [1.165, 1.54) is 14.2 Å². The summed E-state index contributed by atoms with van der Waals surface area (Å²) in [6.45, 7) is 0. The number of carbonyl (C=O) groups is 2. The Morgan fingerprint density at radius 3 is 2.50 bits per heavy atom. The van der Waals surface area contributed by atoms with Crippen molar-refractivity contribution in [2.24, 2.45) is 40.9 Å². The van der Waals surface area contributed by atoms with Gasteiger partial charge < -0.3 is 14.6 Å². The third kappa shape index (κ3) is 1.15. The largest absolute Gasteiger partial charge is 0.469 e. The lowest BCUT2D eigenvalue weighted by molar-refractivity contribution is -0.181. The number of benzene rings is 1. The van der Waals surface area contributed by atoms with E-state index in [0.29, 0.717) is 0 Å². The lowest BCUT2D eigenvalue weighted by Crippen LogP contribution is -2.55. The molecule has 1 aromatic carbocycles. The SMILES string of the molecule is COC(=O)C1C2CC3C4C2C(C4(O)c2ccccc2)C31C(=O)OC. The molecule has 0 amide bonds. The molecule has 6 saturated carbocycles. The normalized spacial score (nSPS) is 49.1. The van der Waals surface area contributed by atoms with Crippen LogP contribution in [0.25, 0.3) is 0 Å². The van der Waals surface area contributed by atoms with Crippen LogP contribution in [0.3, 0.4) is 0 Å². The minimum atomic E-state index is -1.04. The second kappa shape index (κ2) is 4.20. The van der Waals surface area contributed by atoms with Crippen molar-refractivity contribution in [1.29, 1.82) is 0 Å². The molecule has 5 nitrogen and oxygen atoms in total. The fourth-order valence-electron chi connectivity index (χ4n) is 7.27. The van der Waals surface area contributed by atoms with E-state index in [2.05, 4.69) is 0 Å². The smallest absolute Gasteiger partial charge is 0.313 e. The Bertz CT molecular complexity index is 745. The van der Waals surface area contributed by atoms with Gasteiger partial charge in [-0.2, -0.15) is 0 Å². The first-order valence-corrected chi connectivity index (χ1v) is 8.48. The van der Waals surface area contributed by atoms with Crippen LogP contribution in [0.1, 0.15) is 12.0 Å². The lowest BCUT2D eigenvalue weighted by Gasteiger charge is -2.51. The summed E-state index contributed by atoms with van der Waals surface area (Å²) in [5, 5.41) is 11.6. The Kier molecular flexibility index (Phi) is 2.53. The highest BCUT2D eigenvalue weighted by atomic mass is 16.5. The number of rotatable bonds is 3. The number of ether oxygens (including phenoxy) is 2. The first kappa shape index (κ1) is 14.5. The van der Waals surface area contributed by atoms with E-state index in [-0.39, 0.29) is 41.5 Å². The lowest BCUT2D eigenvalue weighted by atomic mass is 9.56. The van der Waals surface area contributed by atoms with E-state index in [1.807, 2.05) is 30.3 Å². The monoisotopic (exact) mass is 328 g/mol. The van der Waals surface area contributed by atoms with Crippen molar-refractivity contribution in [3.05, 3.63) is 35.9 Å². The van der Waals surface area contributed by atoms with E-state index in [9.17, 15) is 14.7 Å². The minimum absolute atomic E-state index is 0.000689. The van der Waals surface area contributed by atoms with Gasteiger partial charge in [0, 0.05) is 5.92 Å². The van der Waals surface area contributed by atoms with Crippen molar-refractivity contribution in [1.82, 2.24) is 0 Å². The number of esters is 2. The predicted octanol–water partition coefficient (Wildman–Crippen LogP) is 1.35. The minimum Gasteiger partial charge on any atom is -0.469 e. The molecular formula is C19H20O5. The van der Waals surface area contributed by atoms with Gasteiger partial charge in [0.05, 0.1) is 31.2 Å². The van der Waals surface area contributed by atoms with Crippen LogP contribution in [0.4, 0.5) is 0 Å². The van der Waals surface area contributed by atoms with Gasteiger partial charge in [-0.3, -0.25) is 9.59 Å². The van der Waals surface area contributed by atoms with Crippen molar-refractivity contribution in [3.8, 4) is 0 Å². The Morgan fingerprint density at radius 2 is 1.88 bits per heavy atom. The molecule has 0 saturated heterocycles. The molecule has 6 bridgehead atoms. The summed E-state index contributed by atoms with van der Waals surface area (Å²) in [5.74, 6) is -1.05. The summed E-state index contributed by atoms with van der Waals surface area (Å²) in [5.41, 5.74) is -1.12. The number of methoxy groups -OCH3 is 2. The molecule has 0 spiro atoms. The average Bonchev–Trinajstić information content (AvgIpc) is 3.32. The zero-order chi connectivity index (χ0) is 16.9. The third-order valence-electron chi connectivity index (χ3n) is 7.54. The molecule has 6 aliphatic carbocycles. The summed E-state index contributed by atoms with van der Waals surface area (Å²) >= 11 is 0. The Labute approximate surface area is 139 Å². The number of carbonyl (C=O) groups excluding carboxylic acids is 2. The van der Waals surface area contributed by atoms with E-state index in [1.54, 1.807) is 0 Å². The van der Waals surface area contributed by atoms with Crippen molar-refractivity contribution < 1.29 is 24.2 Å². The Hall–Kier alpha value is -1.88. The highest BCUT2D eigenvalue weighted by Crippen LogP contribution is 2.90. The van der Waals surface area contributed by atoms with Crippen molar-refractivity contribution >= 4 is 11.9 Å². The summed E-state index contributed by atoms with van der Waals surface area (Å²) in [7, 11) is 2.73. The van der Waals surface area contributed by atoms with Crippen LogP contribution in [-0.4, -0.2) is 31.3 Å². The van der Waals surface area contributed by atoms with Gasteiger partial charge in [0.2, 0.25) is 0 Å². The zero-order valence-corrected chi connectivity index (χ0v) is 13.6. The molecule has 126 valence electrons. The zero-order valence-electron chi connectivity index (χ0n) is 13.6. The molecule has 0 aliphatic heterocycles. The quantitative estimate of drug-likeness (QED) is 0.848.